The van der Waals surface area contributed by atoms with Crippen LogP contribution in [0.2, 0.25) is 0 Å². The minimum absolute atomic E-state index is 0.898. The van der Waals surface area contributed by atoms with Crippen LogP contribution < -0.4 is 41.5 Å². The molecule has 0 saturated carbocycles. The number of aromatic nitrogens is 2. The zero-order valence-corrected chi connectivity index (χ0v) is 47.5. The molecule has 0 spiro atoms. The summed E-state index contributed by atoms with van der Waals surface area (Å²) in [5, 5.41) is 17.6. The molecule has 0 N–H and O–H groups in total. The highest BCUT2D eigenvalue weighted by Crippen LogP contribution is 2.40. The molecule has 0 bridgehead atoms. The Morgan fingerprint density at radius 2 is 0.675 bits per heavy atom. The summed E-state index contributed by atoms with van der Waals surface area (Å²) in [7, 11) is -6.26. The molecule has 83 heavy (non-hydrogen) atoms. The third kappa shape index (κ3) is 7.42. The van der Waals surface area contributed by atoms with Gasteiger partial charge >= 0.3 is 0 Å². The Hall–Kier alpha value is -10.3. The number of benzene rings is 13. The largest absolute Gasteiger partial charge is 0.456 e. The van der Waals surface area contributed by atoms with Gasteiger partial charge in [0.15, 0.2) is 16.1 Å². The molecule has 3 nitrogen and oxygen atoms in total. The maximum absolute atomic E-state index is 7.10. The van der Waals surface area contributed by atoms with Crippen LogP contribution in [0.3, 0.4) is 0 Å². The fraction of sp³-hybridized carbons (Fsp3) is 0. The van der Waals surface area contributed by atoms with Crippen LogP contribution in [-0.4, -0.2) is 25.3 Å². The molecule has 0 atom stereocenters. The van der Waals surface area contributed by atoms with Crippen molar-refractivity contribution in [2.24, 2.45) is 0 Å². The van der Waals surface area contributed by atoms with Crippen molar-refractivity contribution in [2.75, 3.05) is 0 Å². The van der Waals surface area contributed by atoms with Gasteiger partial charge in [-0.05, 0) is 101 Å². The van der Waals surface area contributed by atoms with E-state index in [2.05, 4.69) is 337 Å². The minimum Gasteiger partial charge on any atom is -0.456 e. The van der Waals surface area contributed by atoms with Gasteiger partial charge in [0.2, 0.25) is 0 Å². The Bertz CT molecular complexity index is 5010. The van der Waals surface area contributed by atoms with E-state index >= 15 is 0 Å². The van der Waals surface area contributed by atoms with E-state index in [1.165, 1.54) is 74.2 Å². The third-order valence-electron chi connectivity index (χ3n) is 17.6. The third-order valence-corrected chi connectivity index (χ3v) is 27.2. The lowest BCUT2D eigenvalue weighted by Gasteiger charge is -2.35. The average Bonchev–Trinajstić information content (AvgIpc) is 2.22. The maximum atomic E-state index is 7.10. The average molecular weight is 1090 g/mol. The molecule has 16 rings (SSSR count). The fourth-order valence-corrected chi connectivity index (χ4v) is 24.1. The van der Waals surface area contributed by atoms with E-state index in [-0.39, 0.29) is 0 Å². The standard InChI is InChI=1S/C78H54N2OSi2/c1-6-27-55(28-7-1)56-29-22-39-62(53-56)82(58-31-8-2-9-32-58,59-33-10-3-11-34-59)63-40-23-30-57(54-63)79-68-45-19-16-42-66(68)76-70(79)47-25-48-71(76)80-69-46-20-17-43-67(69)77-72(80)49-26-51-74(77)83(60-35-12-4-13-36-60,61-37-14-5-15-38-61)75-52-24-44-65-64-41-18-21-50-73(64)81-78(65)75/h1-54H. The first-order valence-electron chi connectivity index (χ1n) is 28.7. The Labute approximate surface area is 483 Å². The normalized spacial score (nSPS) is 12.1. The Morgan fingerprint density at radius 1 is 0.253 bits per heavy atom. The van der Waals surface area contributed by atoms with E-state index in [1.54, 1.807) is 0 Å². The highest BCUT2D eigenvalue weighted by molar-refractivity contribution is 7.22. The van der Waals surface area contributed by atoms with Crippen molar-refractivity contribution < 1.29 is 4.42 Å². The number of fused-ring (bicyclic) bond motifs is 9. The van der Waals surface area contributed by atoms with Crippen LogP contribution in [0.25, 0.3) is 88.1 Å². The van der Waals surface area contributed by atoms with E-state index in [4.69, 9.17) is 4.42 Å². The first-order valence-corrected chi connectivity index (χ1v) is 32.7. The predicted molar refractivity (Wildman–Crippen MR) is 355 cm³/mol. The molecule has 0 saturated heterocycles. The van der Waals surface area contributed by atoms with Gasteiger partial charge in [-0.2, -0.15) is 0 Å². The van der Waals surface area contributed by atoms with Crippen molar-refractivity contribution in [3.05, 3.63) is 328 Å². The van der Waals surface area contributed by atoms with Crippen molar-refractivity contribution in [1.82, 2.24) is 9.13 Å². The summed E-state index contributed by atoms with van der Waals surface area (Å²) in [5.74, 6) is 0. The summed E-state index contributed by atoms with van der Waals surface area (Å²) < 4.78 is 12.2. The molecule has 3 aromatic heterocycles. The van der Waals surface area contributed by atoms with Crippen LogP contribution in [0.5, 0.6) is 0 Å². The molecule has 0 aliphatic carbocycles. The van der Waals surface area contributed by atoms with Gasteiger partial charge in [0.25, 0.3) is 0 Å². The molecule has 0 unspecified atom stereocenters. The minimum atomic E-state index is -3.26. The number of furan rings is 1. The summed E-state index contributed by atoms with van der Waals surface area (Å²) in [4.78, 5) is 0. The fourth-order valence-electron chi connectivity index (χ4n) is 14.2. The molecule has 5 heteroatoms. The van der Waals surface area contributed by atoms with E-state index in [1.807, 2.05) is 0 Å². The van der Waals surface area contributed by atoms with Crippen LogP contribution >= 0.6 is 0 Å². The molecule has 0 aliphatic heterocycles. The molecule has 0 radical (unpaired) electrons. The monoisotopic (exact) mass is 1090 g/mol. The molecule has 0 aliphatic rings. The predicted octanol–water partition coefficient (Wildman–Crippen LogP) is 14.2. The van der Waals surface area contributed by atoms with E-state index in [0.717, 1.165) is 55.4 Å². The molecular weight excluding hydrogens is 1040 g/mol. The topological polar surface area (TPSA) is 23.0 Å². The number of rotatable bonds is 11. The van der Waals surface area contributed by atoms with Gasteiger partial charge in [-0.1, -0.05) is 279 Å². The summed E-state index contributed by atoms with van der Waals surface area (Å²) in [6.07, 6.45) is 0. The smallest absolute Gasteiger partial charge is 0.184 e. The van der Waals surface area contributed by atoms with Crippen molar-refractivity contribution >= 4 is 123 Å². The second-order valence-corrected chi connectivity index (χ2v) is 29.4. The van der Waals surface area contributed by atoms with Gasteiger partial charge in [0, 0.05) is 38.0 Å². The highest BCUT2D eigenvalue weighted by Gasteiger charge is 2.46. The van der Waals surface area contributed by atoms with Crippen LogP contribution in [0, 0.1) is 0 Å². The molecule has 390 valence electrons. The van der Waals surface area contributed by atoms with Gasteiger partial charge in [0.05, 0.1) is 27.8 Å². The number of para-hydroxylation sites is 4. The molecule has 0 amide bonds. The molecule has 0 fully saturated rings. The van der Waals surface area contributed by atoms with Crippen LogP contribution in [-0.2, 0) is 0 Å². The van der Waals surface area contributed by atoms with Crippen LogP contribution in [0.15, 0.2) is 332 Å². The molecule has 16 aromatic rings. The lowest BCUT2D eigenvalue weighted by Crippen LogP contribution is -2.75. The Morgan fingerprint density at radius 3 is 1.33 bits per heavy atom. The second kappa shape index (κ2) is 19.7. The summed E-state index contributed by atoms with van der Waals surface area (Å²) >= 11 is 0. The lowest BCUT2D eigenvalue weighted by atomic mass is 10.1. The molecule has 3 heterocycles. The quantitative estimate of drug-likeness (QED) is 0.0935. The van der Waals surface area contributed by atoms with Gasteiger partial charge in [-0.15, -0.1) is 0 Å². The Kier molecular flexibility index (Phi) is 11.6. The summed E-state index contributed by atoms with van der Waals surface area (Å²) in [6, 6.07) is 122. The van der Waals surface area contributed by atoms with Crippen LogP contribution in [0.4, 0.5) is 0 Å². The lowest BCUT2D eigenvalue weighted by molar-refractivity contribution is 0.671. The highest BCUT2D eigenvalue weighted by atomic mass is 28.3. The van der Waals surface area contributed by atoms with Crippen molar-refractivity contribution in [2.45, 2.75) is 0 Å². The molecule has 13 aromatic carbocycles. The van der Waals surface area contributed by atoms with Crippen molar-refractivity contribution in [1.29, 1.82) is 0 Å². The SMILES string of the molecule is c1ccc(-c2cccc([Si](c3ccccc3)(c3ccccc3)c3cccc(-n4c5ccccc5c5c(-n6c7ccccc7c7c([Si](c8ccccc8)(c8ccccc8)c8cccc9c8oc8ccccc89)cccc76)cccc54)c3)c2)cc1. The molecular formula is C78H54N2OSi2. The van der Waals surface area contributed by atoms with Gasteiger partial charge in [0.1, 0.15) is 11.2 Å². The number of hydrogen-bond donors (Lipinski definition) is 0. The first-order chi connectivity index (χ1) is 41.2. The summed E-state index contributed by atoms with van der Waals surface area (Å²) in [6.45, 7) is 0. The summed E-state index contributed by atoms with van der Waals surface area (Å²) in [5.41, 5.74) is 11.2. The zero-order chi connectivity index (χ0) is 54.9. The Balaban J connectivity index is 0.963. The van der Waals surface area contributed by atoms with Crippen molar-refractivity contribution in [3.8, 4) is 22.5 Å². The first kappa shape index (κ1) is 48.6. The van der Waals surface area contributed by atoms with Gasteiger partial charge < -0.3 is 13.6 Å². The van der Waals surface area contributed by atoms with Gasteiger partial charge in [-0.3, -0.25) is 0 Å². The van der Waals surface area contributed by atoms with E-state index in [9.17, 15) is 0 Å². The number of hydrogen-bond acceptors (Lipinski definition) is 1. The van der Waals surface area contributed by atoms with Gasteiger partial charge in [-0.25, -0.2) is 0 Å². The van der Waals surface area contributed by atoms with E-state index < -0.39 is 16.1 Å². The van der Waals surface area contributed by atoms with Crippen LogP contribution in [0.1, 0.15) is 0 Å². The van der Waals surface area contributed by atoms with E-state index in [0.29, 0.717) is 0 Å². The van der Waals surface area contributed by atoms with Crippen molar-refractivity contribution in [3.63, 3.8) is 0 Å². The second-order valence-electron chi connectivity index (χ2n) is 21.8. The number of nitrogens with zero attached hydrogens (tertiary/aromatic N) is 2. The zero-order valence-electron chi connectivity index (χ0n) is 45.5. The maximum Gasteiger partial charge on any atom is 0.184 e.